The average molecular weight is 508 g/mol. The van der Waals surface area contributed by atoms with Crippen LogP contribution in [0.3, 0.4) is 0 Å². The number of benzene rings is 2. The quantitative estimate of drug-likeness (QED) is 0.214. The Balaban J connectivity index is 1.35. The fourth-order valence-corrected chi connectivity index (χ4v) is 5.01. The van der Waals surface area contributed by atoms with Crippen LogP contribution in [0.5, 0.6) is 0 Å². The highest BCUT2D eigenvalue weighted by atomic mass is 35.5. The molecule has 0 bridgehead atoms. The number of thioether (sulfide) groups is 1. The van der Waals surface area contributed by atoms with Crippen LogP contribution in [-0.2, 0) is 17.8 Å². The molecule has 1 amide bonds. The highest BCUT2D eigenvalue weighted by Crippen LogP contribution is 2.32. The topological polar surface area (TPSA) is 71.3 Å². The van der Waals surface area contributed by atoms with Crippen LogP contribution in [-0.4, -0.2) is 27.4 Å². The molecule has 3 heterocycles. The molecule has 0 saturated carbocycles. The Morgan fingerprint density at radius 1 is 1.09 bits per heavy atom. The number of nitrogens with zero attached hydrogens (tertiary/aromatic N) is 3. The molecule has 1 aliphatic rings. The number of hydrogen-bond donors (Lipinski definition) is 0. The maximum Gasteiger partial charge on any atom is 0.242 e. The lowest BCUT2D eigenvalue weighted by molar-refractivity contribution is -0.126. The molecule has 0 radical (unpaired) electrons. The van der Waals surface area contributed by atoms with E-state index >= 15 is 0 Å². The predicted molar refractivity (Wildman–Crippen MR) is 135 cm³/mol. The molecule has 0 spiro atoms. The van der Waals surface area contributed by atoms with Crippen LogP contribution in [0.4, 0.5) is 4.39 Å². The van der Waals surface area contributed by atoms with Crippen LogP contribution in [0.15, 0.2) is 98.1 Å². The number of hydrogen-bond acceptors (Lipinski definition) is 6. The van der Waals surface area contributed by atoms with Crippen LogP contribution in [0.1, 0.15) is 17.1 Å². The van der Waals surface area contributed by atoms with Gasteiger partial charge in [-0.15, -0.1) is 5.10 Å². The Kier molecular flexibility index (Phi) is 6.83. The predicted octanol–water partition coefficient (Wildman–Crippen LogP) is 6.41. The molecule has 1 saturated heterocycles. The maximum atomic E-state index is 14.0. The van der Waals surface area contributed by atoms with Gasteiger partial charge >= 0.3 is 0 Å². The summed E-state index contributed by atoms with van der Waals surface area (Å²) in [6.07, 6.45) is 3.49. The van der Waals surface area contributed by atoms with Crippen LogP contribution in [0.25, 0.3) is 11.3 Å². The van der Waals surface area contributed by atoms with Crippen molar-refractivity contribution in [3.05, 3.63) is 107 Å². The third kappa shape index (κ3) is 5.39. The van der Waals surface area contributed by atoms with E-state index in [-0.39, 0.29) is 23.5 Å². The van der Waals surface area contributed by atoms with Gasteiger partial charge in [-0.05, 0) is 60.5 Å². The summed E-state index contributed by atoms with van der Waals surface area (Å²) in [7, 11) is 0. The number of carbonyl (C=O) groups is 1. The zero-order chi connectivity index (χ0) is 24.2. The van der Waals surface area contributed by atoms with Crippen molar-refractivity contribution < 1.29 is 18.0 Å². The van der Waals surface area contributed by atoms with Crippen molar-refractivity contribution in [3.8, 4) is 11.3 Å². The molecule has 5 rings (SSSR count). The maximum absolute atomic E-state index is 14.0. The Labute approximate surface area is 210 Å². The summed E-state index contributed by atoms with van der Waals surface area (Å²) in [5, 5.41) is 9.13. The molecule has 9 heteroatoms. The second-order valence-electron chi connectivity index (χ2n) is 7.75. The van der Waals surface area contributed by atoms with E-state index < -0.39 is 0 Å². The van der Waals surface area contributed by atoms with E-state index in [0.29, 0.717) is 39.5 Å². The standard InChI is InChI=1S/C26H19ClFN3O3S/c27-18-6-3-5-17(13-18)14-24-25(32)31(16-20-7-4-12-33-20)26(35-24)30-29-15-19-10-11-23(34-19)21-8-1-2-9-22(21)28/h1-13,15,24H,14,16H2. The monoisotopic (exact) mass is 507 g/mol. The summed E-state index contributed by atoms with van der Waals surface area (Å²) in [5.41, 5.74) is 1.33. The first-order chi connectivity index (χ1) is 17.1. The summed E-state index contributed by atoms with van der Waals surface area (Å²) >= 11 is 7.44. The van der Waals surface area contributed by atoms with Gasteiger partial charge in [-0.3, -0.25) is 9.69 Å². The van der Waals surface area contributed by atoms with Crippen LogP contribution in [0.2, 0.25) is 5.02 Å². The molecule has 1 atom stereocenters. The Morgan fingerprint density at radius 3 is 2.77 bits per heavy atom. The minimum Gasteiger partial charge on any atom is -0.467 e. The lowest BCUT2D eigenvalue weighted by Gasteiger charge is -2.14. The fourth-order valence-electron chi connectivity index (χ4n) is 3.66. The van der Waals surface area contributed by atoms with Gasteiger partial charge in [0.25, 0.3) is 0 Å². The number of halogens is 2. The van der Waals surface area contributed by atoms with Crippen molar-refractivity contribution in [1.29, 1.82) is 0 Å². The van der Waals surface area contributed by atoms with Crippen molar-refractivity contribution in [1.82, 2.24) is 4.90 Å². The van der Waals surface area contributed by atoms with Crippen LogP contribution < -0.4 is 0 Å². The molecule has 4 aromatic rings. The molecule has 2 aromatic carbocycles. The van der Waals surface area contributed by atoms with Crippen molar-refractivity contribution in [2.45, 2.75) is 18.2 Å². The normalized spacial score (nSPS) is 17.2. The van der Waals surface area contributed by atoms with Crippen molar-refractivity contribution in [3.63, 3.8) is 0 Å². The number of amidine groups is 1. The van der Waals surface area contributed by atoms with E-state index in [1.807, 2.05) is 18.2 Å². The first kappa shape index (κ1) is 23.1. The minimum atomic E-state index is -0.370. The second kappa shape index (κ2) is 10.3. The van der Waals surface area contributed by atoms with E-state index in [2.05, 4.69) is 10.2 Å². The largest absolute Gasteiger partial charge is 0.467 e. The van der Waals surface area contributed by atoms with E-state index in [1.54, 1.807) is 59.7 Å². The molecule has 35 heavy (non-hydrogen) atoms. The molecule has 2 aromatic heterocycles. The number of amides is 1. The summed E-state index contributed by atoms with van der Waals surface area (Å²) in [5.74, 6) is 0.990. The minimum absolute atomic E-state index is 0.0832. The Hall–Kier alpha value is -3.62. The van der Waals surface area contributed by atoms with Gasteiger partial charge < -0.3 is 8.83 Å². The smallest absolute Gasteiger partial charge is 0.242 e. The fraction of sp³-hybridized carbons (Fsp3) is 0.115. The third-order valence-corrected chi connectivity index (χ3v) is 6.72. The van der Waals surface area contributed by atoms with Crippen molar-refractivity contribution in [2.75, 3.05) is 0 Å². The van der Waals surface area contributed by atoms with Gasteiger partial charge in [0.2, 0.25) is 5.91 Å². The molecule has 0 N–H and O–H groups in total. The van der Waals surface area contributed by atoms with Crippen molar-refractivity contribution >= 4 is 40.7 Å². The number of rotatable bonds is 7. The highest BCUT2D eigenvalue weighted by Gasteiger charge is 2.38. The lowest BCUT2D eigenvalue weighted by Crippen LogP contribution is -2.32. The van der Waals surface area contributed by atoms with Gasteiger partial charge in [-0.2, -0.15) is 5.10 Å². The summed E-state index contributed by atoms with van der Waals surface area (Å²) in [6.45, 7) is 0.247. The molecule has 0 aliphatic carbocycles. The first-order valence-corrected chi connectivity index (χ1v) is 12.0. The molecule has 1 fully saturated rings. The Morgan fingerprint density at radius 2 is 1.97 bits per heavy atom. The van der Waals surface area contributed by atoms with Gasteiger partial charge in [0.1, 0.15) is 23.1 Å². The summed E-state index contributed by atoms with van der Waals surface area (Å²) < 4.78 is 25.1. The third-order valence-electron chi connectivity index (χ3n) is 5.32. The zero-order valence-corrected chi connectivity index (χ0v) is 19.9. The van der Waals surface area contributed by atoms with E-state index in [9.17, 15) is 9.18 Å². The van der Waals surface area contributed by atoms with E-state index in [0.717, 1.165) is 5.56 Å². The number of carbonyl (C=O) groups excluding carboxylic acids is 1. The van der Waals surface area contributed by atoms with Crippen molar-refractivity contribution in [2.24, 2.45) is 10.2 Å². The summed E-state index contributed by atoms with van der Waals surface area (Å²) in [4.78, 5) is 14.8. The van der Waals surface area contributed by atoms with Crippen LogP contribution >= 0.6 is 23.4 Å². The molecule has 6 nitrogen and oxygen atoms in total. The molecule has 176 valence electrons. The first-order valence-electron chi connectivity index (χ1n) is 10.8. The molecular weight excluding hydrogens is 489 g/mol. The van der Waals surface area contributed by atoms with Gasteiger partial charge in [0.05, 0.1) is 29.8 Å². The highest BCUT2D eigenvalue weighted by molar-refractivity contribution is 8.15. The Bertz CT molecular complexity index is 1400. The molecular formula is C26H19ClFN3O3S. The lowest BCUT2D eigenvalue weighted by atomic mass is 10.1. The molecule has 1 unspecified atom stereocenters. The van der Waals surface area contributed by atoms with Gasteiger partial charge in [-0.25, -0.2) is 4.39 Å². The molecule has 1 aliphatic heterocycles. The van der Waals surface area contributed by atoms with Gasteiger partial charge in [0, 0.05) is 5.02 Å². The number of furan rings is 2. The SMILES string of the molecule is O=C1C(Cc2cccc(Cl)c2)SC(=NN=Cc2ccc(-c3ccccc3F)o2)N1Cc1ccco1. The average Bonchev–Trinajstić information content (AvgIpc) is 3.59. The summed E-state index contributed by atoms with van der Waals surface area (Å²) in [6, 6.07) is 20.7. The van der Waals surface area contributed by atoms with E-state index in [4.69, 9.17) is 20.4 Å². The van der Waals surface area contributed by atoms with Crippen LogP contribution in [0, 0.1) is 5.82 Å². The second-order valence-corrected chi connectivity index (χ2v) is 9.36. The zero-order valence-electron chi connectivity index (χ0n) is 18.3. The van der Waals surface area contributed by atoms with E-state index in [1.165, 1.54) is 24.0 Å². The van der Waals surface area contributed by atoms with Gasteiger partial charge in [0.15, 0.2) is 5.17 Å². The van der Waals surface area contributed by atoms with Gasteiger partial charge in [-0.1, -0.05) is 47.6 Å².